The van der Waals surface area contributed by atoms with Crippen LogP contribution in [0, 0.1) is 6.57 Å². The molecule has 4 rings (SSSR count). The third kappa shape index (κ3) is 4.52. The lowest BCUT2D eigenvalue weighted by atomic mass is 10.0. The van der Waals surface area contributed by atoms with Gasteiger partial charge in [-0.2, -0.15) is 26.3 Å². The molecule has 0 aliphatic heterocycles. The van der Waals surface area contributed by atoms with Gasteiger partial charge in [-0.25, -0.2) is 24.8 Å². The lowest BCUT2D eigenvalue weighted by Gasteiger charge is -2.14. The van der Waals surface area contributed by atoms with Crippen molar-refractivity contribution in [2.45, 2.75) is 12.4 Å². The Kier molecular flexibility index (Phi) is 5.33. The number of fused-ring (bicyclic) bond motifs is 1. The lowest BCUT2D eigenvalue weighted by Crippen LogP contribution is -2.08. The summed E-state index contributed by atoms with van der Waals surface area (Å²) < 4.78 is 78.7. The van der Waals surface area contributed by atoms with Gasteiger partial charge >= 0.3 is 12.4 Å². The van der Waals surface area contributed by atoms with Crippen LogP contribution in [-0.4, -0.2) is 19.9 Å². The van der Waals surface area contributed by atoms with Crippen molar-refractivity contribution < 1.29 is 26.3 Å². The number of hydrogen-bond donors (Lipinski definition) is 1. The minimum absolute atomic E-state index is 0.00629. The molecule has 0 amide bonds. The molecule has 33 heavy (non-hydrogen) atoms. The molecule has 4 aromatic rings. The Morgan fingerprint density at radius 1 is 0.848 bits per heavy atom. The number of alkyl halides is 6. The maximum atomic E-state index is 13.5. The van der Waals surface area contributed by atoms with Crippen molar-refractivity contribution in [3.63, 3.8) is 0 Å². The Labute approximate surface area is 181 Å². The fourth-order valence-corrected chi connectivity index (χ4v) is 2.98. The zero-order chi connectivity index (χ0) is 23.8. The molecule has 0 fully saturated rings. The van der Waals surface area contributed by atoms with Crippen molar-refractivity contribution in [1.29, 1.82) is 0 Å². The van der Waals surface area contributed by atoms with Crippen LogP contribution in [0.25, 0.3) is 27.3 Å². The first kappa shape index (κ1) is 21.9. The van der Waals surface area contributed by atoms with Gasteiger partial charge in [0.25, 0.3) is 0 Å². The smallest absolute Gasteiger partial charge is 0.338 e. The van der Waals surface area contributed by atoms with Crippen molar-refractivity contribution in [2.24, 2.45) is 0 Å². The largest absolute Gasteiger partial charge is 0.417 e. The predicted molar refractivity (Wildman–Crippen MR) is 107 cm³/mol. The quantitative estimate of drug-likeness (QED) is 0.282. The molecular weight excluding hydrogens is 450 g/mol. The summed E-state index contributed by atoms with van der Waals surface area (Å²) in [4.78, 5) is 19.1. The van der Waals surface area contributed by atoms with Gasteiger partial charge in [0.05, 0.1) is 35.3 Å². The van der Waals surface area contributed by atoms with Crippen LogP contribution in [0.3, 0.4) is 0 Å². The Bertz CT molecular complexity index is 1370. The molecule has 0 radical (unpaired) electrons. The summed E-state index contributed by atoms with van der Waals surface area (Å²) in [6, 6.07) is 6.57. The molecule has 0 aliphatic carbocycles. The highest BCUT2D eigenvalue weighted by molar-refractivity contribution is 5.88. The number of aromatic nitrogens is 4. The van der Waals surface area contributed by atoms with E-state index >= 15 is 0 Å². The van der Waals surface area contributed by atoms with Crippen molar-refractivity contribution in [1.82, 2.24) is 19.9 Å². The molecule has 0 aliphatic rings. The van der Waals surface area contributed by atoms with Gasteiger partial charge in [-0.15, -0.1) is 0 Å². The lowest BCUT2D eigenvalue weighted by molar-refractivity contribution is -0.138. The molecule has 0 atom stereocenters. The van der Waals surface area contributed by atoms with E-state index < -0.39 is 23.5 Å². The van der Waals surface area contributed by atoms with Crippen LogP contribution in [0.5, 0.6) is 0 Å². The van der Waals surface area contributed by atoms with E-state index in [0.29, 0.717) is 11.9 Å². The van der Waals surface area contributed by atoms with E-state index in [1.54, 1.807) is 0 Å². The maximum absolute atomic E-state index is 13.5. The summed E-state index contributed by atoms with van der Waals surface area (Å²) in [5, 5.41) is 2.80. The van der Waals surface area contributed by atoms with E-state index in [0.717, 1.165) is 30.5 Å². The minimum atomic E-state index is -4.72. The number of pyridine rings is 2. The van der Waals surface area contributed by atoms with Gasteiger partial charge < -0.3 is 5.32 Å². The molecule has 1 aromatic carbocycles. The van der Waals surface area contributed by atoms with Gasteiger partial charge in [0, 0.05) is 18.0 Å². The van der Waals surface area contributed by atoms with E-state index in [1.165, 1.54) is 18.3 Å². The van der Waals surface area contributed by atoms with Crippen molar-refractivity contribution in [3.8, 4) is 11.3 Å². The van der Waals surface area contributed by atoms with Gasteiger partial charge in [-0.05, 0) is 24.3 Å². The highest BCUT2D eigenvalue weighted by atomic mass is 19.4. The maximum Gasteiger partial charge on any atom is 0.417 e. The highest BCUT2D eigenvalue weighted by Crippen LogP contribution is 2.39. The first-order chi connectivity index (χ1) is 15.6. The molecule has 3 aromatic heterocycles. The standard InChI is InChI=1S/C21H10F6N6/c1-28-12-3-4-13(14(8-12)21(25,26)27)16-10-31-18-15(6-7-29-19(18)33-16)32-17-5-2-11(9-30-17)20(22,23)24/h2-10H,(H,29,30,32,33). The summed E-state index contributed by atoms with van der Waals surface area (Å²) in [7, 11) is 0. The van der Waals surface area contributed by atoms with Gasteiger partial charge in [0.15, 0.2) is 11.3 Å². The summed E-state index contributed by atoms with van der Waals surface area (Å²) in [6.45, 7) is 6.94. The van der Waals surface area contributed by atoms with E-state index in [2.05, 4.69) is 30.1 Å². The third-order valence-corrected chi connectivity index (χ3v) is 4.51. The molecular formula is C21H10F6N6. The average molecular weight is 460 g/mol. The van der Waals surface area contributed by atoms with Crippen molar-refractivity contribution in [2.75, 3.05) is 5.32 Å². The van der Waals surface area contributed by atoms with Gasteiger partial charge in [-0.1, -0.05) is 12.1 Å². The number of anilines is 2. The summed E-state index contributed by atoms with van der Waals surface area (Å²) in [5.74, 6) is 0.0930. The Hall–Kier alpha value is -4.27. The molecule has 0 saturated carbocycles. The van der Waals surface area contributed by atoms with Crippen LogP contribution in [0.1, 0.15) is 11.1 Å². The normalized spacial score (nSPS) is 11.9. The number of nitrogens with zero attached hydrogens (tertiary/aromatic N) is 5. The third-order valence-electron chi connectivity index (χ3n) is 4.51. The molecule has 0 bridgehead atoms. The molecule has 0 saturated heterocycles. The predicted octanol–water partition coefficient (Wildman–Crippen LogP) is 6.42. The fourth-order valence-electron chi connectivity index (χ4n) is 2.98. The van der Waals surface area contributed by atoms with Crippen molar-refractivity contribution >= 4 is 28.4 Å². The molecule has 3 heterocycles. The second-order valence-corrected chi connectivity index (χ2v) is 6.68. The van der Waals surface area contributed by atoms with Crippen LogP contribution >= 0.6 is 0 Å². The number of hydrogen-bond acceptors (Lipinski definition) is 5. The van der Waals surface area contributed by atoms with E-state index in [4.69, 9.17) is 6.57 Å². The minimum Gasteiger partial charge on any atom is -0.338 e. The summed E-state index contributed by atoms with van der Waals surface area (Å²) >= 11 is 0. The zero-order valence-corrected chi connectivity index (χ0v) is 16.2. The van der Waals surface area contributed by atoms with Crippen LogP contribution in [-0.2, 0) is 12.4 Å². The van der Waals surface area contributed by atoms with Gasteiger partial charge in [-0.3, -0.25) is 0 Å². The van der Waals surface area contributed by atoms with E-state index in [-0.39, 0.29) is 33.9 Å². The SMILES string of the molecule is [C-]#[N+]c1ccc(-c2cnc3c(Nc4ccc(C(F)(F)F)cn4)ccnc3n2)c(C(F)(F)F)c1. The highest BCUT2D eigenvalue weighted by Gasteiger charge is 2.34. The van der Waals surface area contributed by atoms with Crippen LogP contribution in [0.15, 0.2) is 55.0 Å². The summed E-state index contributed by atoms with van der Waals surface area (Å²) in [5.41, 5.74) is -2.02. The Morgan fingerprint density at radius 3 is 2.27 bits per heavy atom. The molecule has 166 valence electrons. The average Bonchev–Trinajstić information content (AvgIpc) is 2.77. The number of nitrogens with one attached hydrogen (secondary N) is 1. The van der Waals surface area contributed by atoms with Crippen LogP contribution < -0.4 is 5.32 Å². The molecule has 6 nitrogen and oxygen atoms in total. The topological polar surface area (TPSA) is 68.0 Å². The number of rotatable bonds is 3. The Balaban J connectivity index is 1.72. The summed E-state index contributed by atoms with van der Waals surface area (Å²) in [6.07, 6.45) is -6.14. The van der Waals surface area contributed by atoms with Crippen molar-refractivity contribution in [3.05, 3.63) is 77.5 Å². The van der Waals surface area contributed by atoms with Crippen LogP contribution in [0.4, 0.5) is 43.5 Å². The molecule has 1 N–H and O–H groups in total. The molecule has 0 unspecified atom stereocenters. The van der Waals surface area contributed by atoms with Crippen LogP contribution in [0.2, 0.25) is 0 Å². The van der Waals surface area contributed by atoms with E-state index in [1.807, 2.05) is 0 Å². The van der Waals surface area contributed by atoms with Gasteiger partial charge in [0.2, 0.25) is 0 Å². The van der Waals surface area contributed by atoms with E-state index in [9.17, 15) is 26.3 Å². The second kappa shape index (κ2) is 8.01. The number of benzene rings is 1. The number of halogens is 6. The molecule has 12 heteroatoms. The second-order valence-electron chi connectivity index (χ2n) is 6.68. The first-order valence-corrected chi connectivity index (χ1v) is 9.07. The van der Waals surface area contributed by atoms with Gasteiger partial charge in [0.1, 0.15) is 11.3 Å². The monoisotopic (exact) mass is 460 g/mol. The zero-order valence-electron chi connectivity index (χ0n) is 16.2. The molecule has 0 spiro atoms. The fraction of sp³-hybridized carbons (Fsp3) is 0.0952. The Morgan fingerprint density at radius 2 is 1.64 bits per heavy atom. The first-order valence-electron chi connectivity index (χ1n) is 9.07.